The van der Waals surface area contributed by atoms with Gasteiger partial charge in [0.05, 0.1) is 63.0 Å². The quantitative estimate of drug-likeness (QED) is 0.149. The third-order valence-electron chi connectivity index (χ3n) is 18.5. The molecule has 0 saturated heterocycles. The van der Waals surface area contributed by atoms with Gasteiger partial charge in [0, 0.05) is 82.5 Å². The minimum atomic E-state index is 0.0362. The molecule has 0 amide bonds. The molecule has 4 atom stereocenters. The Labute approximate surface area is 387 Å². The maximum absolute atomic E-state index is 2.83. The molecule has 8 aliphatic rings. The first kappa shape index (κ1) is 32.1. The van der Waals surface area contributed by atoms with E-state index in [1.165, 1.54) is 177 Å². The van der Waals surface area contributed by atoms with Crippen LogP contribution in [-0.2, 0) is 0 Å². The first-order chi connectivity index (χ1) is 33.8. The summed E-state index contributed by atoms with van der Waals surface area (Å²) in [5, 5.41) is 8.23. The predicted octanol–water partition coefficient (Wildman–Crippen LogP) is 15.7. The number of hydrogen-bond donors (Lipinski definition) is 0. The maximum atomic E-state index is 2.83. The molecule has 0 radical (unpaired) electrons. The Balaban J connectivity index is 0.945. The van der Waals surface area contributed by atoms with Gasteiger partial charge in [0.1, 0.15) is 0 Å². The summed E-state index contributed by atoms with van der Waals surface area (Å²) in [4.78, 5) is 2.68. The lowest BCUT2D eigenvalue weighted by Crippen LogP contribution is -2.34. The summed E-state index contributed by atoms with van der Waals surface area (Å²) in [5.41, 5.74) is 36.3. The standard InChI is InChI=1S/C64H32N4/c1-3-12-32-29(9-1)31-11-5-6-17-47(31)65-48-18-8-16-41-49(48)50-42(56(32)65)24-20-37-38-23-28-46-54-53-44(58(41)67(60(37)50)63(38)54)27-22-40-39-21-25-43-51-52-45(59(46)68(62(39)51)64(40)53)26-19-36-35-15-7-14-34-30-10-2-4-13-33(30)57(43)66(55(34)35)61(36)52/h1-28,56-59H. The van der Waals surface area contributed by atoms with Gasteiger partial charge >= 0.3 is 0 Å². The van der Waals surface area contributed by atoms with Crippen molar-refractivity contribution in [1.29, 1.82) is 0 Å². The molecule has 68 heavy (non-hydrogen) atoms. The first-order valence-electron chi connectivity index (χ1n) is 24.4. The number of para-hydroxylation sites is 2. The summed E-state index contributed by atoms with van der Waals surface area (Å²) in [6.07, 6.45) is 0. The number of rotatable bonds is 0. The Morgan fingerprint density at radius 3 is 1.15 bits per heavy atom. The fraction of sp³-hybridized carbons (Fsp3) is 0.0625. The summed E-state index contributed by atoms with van der Waals surface area (Å²) >= 11 is 0. The molecular weight excluding hydrogens is 825 g/mol. The van der Waals surface area contributed by atoms with E-state index in [0.717, 1.165) is 0 Å². The number of fused-ring (bicyclic) bond motifs is 19. The van der Waals surface area contributed by atoms with E-state index in [0.29, 0.717) is 0 Å². The van der Waals surface area contributed by atoms with Gasteiger partial charge in [-0.1, -0.05) is 158 Å². The summed E-state index contributed by atoms with van der Waals surface area (Å²) in [5.74, 6) is 0. The van der Waals surface area contributed by atoms with Crippen molar-refractivity contribution >= 4 is 76.8 Å². The minimum absolute atomic E-state index is 0.0362. The molecule has 0 saturated carbocycles. The summed E-state index contributed by atoms with van der Waals surface area (Å²) in [6.45, 7) is 0. The van der Waals surface area contributed by atoms with E-state index in [1.54, 1.807) is 0 Å². The molecular formula is C64H32N4. The molecule has 0 bridgehead atoms. The van der Waals surface area contributed by atoms with E-state index < -0.39 is 0 Å². The van der Waals surface area contributed by atoms with E-state index in [1.807, 2.05) is 0 Å². The van der Waals surface area contributed by atoms with Crippen LogP contribution in [0.2, 0.25) is 0 Å². The van der Waals surface area contributed by atoms with Crippen molar-refractivity contribution in [2.75, 3.05) is 4.90 Å². The smallest absolute Gasteiger partial charge is 0.0859 e. The van der Waals surface area contributed by atoms with E-state index in [4.69, 9.17) is 0 Å². The lowest BCUT2D eigenvalue weighted by Gasteiger charge is -2.48. The average Bonchev–Trinajstić information content (AvgIpc) is 4.05. The van der Waals surface area contributed by atoms with Crippen molar-refractivity contribution in [2.45, 2.75) is 24.2 Å². The molecule has 4 heteroatoms. The van der Waals surface area contributed by atoms with Crippen molar-refractivity contribution < 1.29 is 0 Å². The number of aromatic nitrogens is 3. The lowest BCUT2D eigenvalue weighted by molar-refractivity contribution is 0.678. The largest absolute Gasteiger partial charge is 0.329 e. The molecule has 0 fully saturated rings. The second-order valence-corrected chi connectivity index (χ2v) is 20.9. The van der Waals surface area contributed by atoms with Crippen molar-refractivity contribution in [1.82, 2.24) is 13.7 Å². The Morgan fingerprint density at radius 2 is 0.574 bits per heavy atom. The zero-order valence-corrected chi connectivity index (χ0v) is 36.3. The van der Waals surface area contributed by atoms with Crippen LogP contribution in [0.25, 0.3) is 121 Å². The van der Waals surface area contributed by atoms with Crippen molar-refractivity contribution in [3.8, 4) is 55.6 Å². The first-order valence-corrected chi connectivity index (χ1v) is 24.4. The fourth-order valence-electron chi connectivity index (χ4n) is 16.5. The van der Waals surface area contributed by atoms with Crippen LogP contribution in [0.3, 0.4) is 0 Å². The predicted molar refractivity (Wildman–Crippen MR) is 275 cm³/mol. The molecule has 11 heterocycles. The van der Waals surface area contributed by atoms with E-state index in [9.17, 15) is 0 Å². The summed E-state index contributed by atoms with van der Waals surface area (Å²) in [7, 11) is 0. The van der Waals surface area contributed by atoms with Crippen LogP contribution in [0.15, 0.2) is 170 Å². The zero-order chi connectivity index (χ0) is 42.9. The highest BCUT2D eigenvalue weighted by Gasteiger charge is 2.50. The van der Waals surface area contributed by atoms with Gasteiger partial charge in [0.2, 0.25) is 0 Å². The molecule has 0 N–H and O–H groups in total. The Bertz CT molecular complexity index is 4840. The van der Waals surface area contributed by atoms with E-state index in [-0.39, 0.29) is 24.2 Å². The molecule has 10 aromatic carbocycles. The van der Waals surface area contributed by atoms with Crippen LogP contribution >= 0.6 is 0 Å². The van der Waals surface area contributed by atoms with Crippen LogP contribution < -0.4 is 4.90 Å². The molecule has 21 rings (SSSR count). The molecule has 0 aliphatic carbocycles. The van der Waals surface area contributed by atoms with Gasteiger partial charge in [-0.3, -0.25) is 0 Å². The second-order valence-electron chi connectivity index (χ2n) is 20.9. The topological polar surface area (TPSA) is 18.0 Å². The molecule has 4 unspecified atom stereocenters. The average molecular weight is 857 g/mol. The number of benzene rings is 10. The fourth-order valence-corrected chi connectivity index (χ4v) is 16.5. The molecule has 8 aliphatic heterocycles. The normalized spacial score (nSPS) is 19.4. The van der Waals surface area contributed by atoms with Gasteiger partial charge in [-0.15, -0.1) is 0 Å². The van der Waals surface area contributed by atoms with Gasteiger partial charge in [0.15, 0.2) is 0 Å². The summed E-state index contributed by atoms with van der Waals surface area (Å²) < 4.78 is 8.41. The summed E-state index contributed by atoms with van der Waals surface area (Å²) in [6, 6.07) is 67.0. The molecule has 13 aromatic rings. The van der Waals surface area contributed by atoms with Crippen LogP contribution in [0.1, 0.15) is 68.7 Å². The SMILES string of the molecule is c1ccc2c(c1)-c1ccccc1N1c3cccc4c3-c3c(ccc5c6ccc7c8c6n(c35)C4c3ccc4c5ccc6c9c5n(c4c3-8)C7c3ccc4c5cccc7c5n(c4c3-9)C6c3ccccc3-7)C21. The highest BCUT2D eigenvalue weighted by Crippen LogP contribution is 2.68. The van der Waals surface area contributed by atoms with Crippen LogP contribution in [0.5, 0.6) is 0 Å². The third kappa shape index (κ3) is 2.94. The van der Waals surface area contributed by atoms with Crippen LogP contribution in [0.4, 0.5) is 11.4 Å². The molecule has 0 spiro atoms. The van der Waals surface area contributed by atoms with Crippen LogP contribution in [0, 0.1) is 0 Å². The number of anilines is 2. The highest BCUT2D eigenvalue weighted by molar-refractivity contribution is 6.28. The van der Waals surface area contributed by atoms with Crippen molar-refractivity contribution in [3.63, 3.8) is 0 Å². The van der Waals surface area contributed by atoms with Gasteiger partial charge < -0.3 is 18.6 Å². The van der Waals surface area contributed by atoms with Crippen molar-refractivity contribution in [3.05, 3.63) is 214 Å². The van der Waals surface area contributed by atoms with Gasteiger partial charge in [0.25, 0.3) is 0 Å². The van der Waals surface area contributed by atoms with E-state index >= 15 is 0 Å². The monoisotopic (exact) mass is 856 g/mol. The second kappa shape index (κ2) is 9.90. The molecule has 4 nitrogen and oxygen atoms in total. The van der Waals surface area contributed by atoms with Gasteiger partial charge in [-0.2, -0.15) is 0 Å². The van der Waals surface area contributed by atoms with Crippen LogP contribution in [-0.4, -0.2) is 13.7 Å². The zero-order valence-electron chi connectivity index (χ0n) is 36.3. The van der Waals surface area contributed by atoms with Crippen molar-refractivity contribution in [2.24, 2.45) is 0 Å². The van der Waals surface area contributed by atoms with Gasteiger partial charge in [-0.25, -0.2) is 0 Å². The Hall–Kier alpha value is -8.60. The Morgan fingerprint density at radius 1 is 0.221 bits per heavy atom. The highest BCUT2D eigenvalue weighted by atomic mass is 15.2. The molecule has 308 valence electrons. The number of nitrogens with zero attached hydrogens (tertiary/aromatic N) is 4. The Kier molecular flexibility index (Phi) is 4.68. The van der Waals surface area contributed by atoms with E-state index in [2.05, 4.69) is 188 Å². The minimum Gasteiger partial charge on any atom is -0.329 e. The molecule has 3 aromatic heterocycles. The maximum Gasteiger partial charge on any atom is 0.0859 e. The number of hydrogen-bond acceptors (Lipinski definition) is 1. The lowest BCUT2D eigenvalue weighted by atomic mass is 9.73. The third-order valence-corrected chi connectivity index (χ3v) is 18.5. The van der Waals surface area contributed by atoms with Gasteiger partial charge in [-0.05, 0) is 67.8 Å².